The smallest absolute Gasteiger partial charge is 0.214 e. The largest absolute Gasteiger partial charge is 0.739 e. The Morgan fingerprint density at radius 2 is 2.08 bits per heavy atom. The molecule has 2 aliphatic rings. The number of rotatable bonds is 7. The van der Waals surface area contributed by atoms with Gasteiger partial charge < -0.3 is 25.3 Å². The minimum Gasteiger partial charge on any atom is -0.739 e. The summed E-state index contributed by atoms with van der Waals surface area (Å²) in [4.78, 5) is 6.68. The lowest BCUT2D eigenvalue weighted by molar-refractivity contribution is 0.180. The Labute approximate surface area is 143 Å². The lowest BCUT2D eigenvalue weighted by Gasteiger charge is -2.38. The van der Waals surface area contributed by atoms with Gasteiger partial charge in [-0.15, -0.1) is 0 Å². The number of aliphatic imine (C=N–C) groups is 1. The fourth-order valence-electron chi connectivity index (χ4n) is 3.19. The number of ether oxygens (including phenoxy) is 1. The van der Waals surface area contributed by atoms with E-state index >= 15 is 0 Å². The van der Waals surface area contributed by atoms with Crippen LogP contribution in [0.25, 0.3) is 0 Å². The van der Waals surface area contributed by atoms with E-state index in [1.165, 1.54) is 17.5 Å². The molecule has 1 aromatic carbocycles. The highest BCUT2D eigenvalue weighted by Crippen LogP contribution is 2.34. The normalized spacial score (nSPS) is 17.7. The SMILES string of the molecule is COCCCN(C)CCN=C1Nc2cc3c(cc2N([O-])N1)CCC3. The third-order valence-electron chi connectivity index (χ3n) is 4.53. The van der Waals surface area contributed by atoms with Crippen molar-refractivity contribution >= 4 is 17.3 Å². The molecule has 0 saturated carbocycles. The predicted molar refractivity (Wildman–Crippen MR) is 97.4 cm³/mol. The van der Waals surface area contributed by atoms with Crippen LogP contribution in [0, 0.1) is 5.21 Å². The van der Waals surface area contributed by atoms with Crippen LogP contribution in [0.1, 0.15) is 24.0 Å². The second-order valence-corrected chi connectivity index (χ2v) is 6.40. The molecule has 0 radical (unpaired) electrons. The van der Waals surface area contributed by atoms with E-state index in [1.54, 1.807) is 7.11 Å². The topological polar surface area (TPSA) is 75.2 Å². The molecule has 1 aromatic rings. The second-order valence-electron chi connectivity index (χ2n) is 6.40. The average Bonchev–Trinajstić information content (AvgIpc) is 3.01. The number of methoxy groups -OCH3 is 1. The molecule has 0 saturated heterocycles. The Balaban J connectivity index is 1.57. The zero-order valence-corrected chi connectivity index (χ0v) is 14.5. The molecule has 0 bridgehead atoms. The zero-order valence-electron chi connectivity index (χ0n) is 14.5. The molecule has 132 valence electrons. The highest BCUT2D eigenvalue weighted by atomic mass is 16.5. The Hall–Kier alpha value is -1.83. The quantitative estimate of drug-likeness (QED) is 0.741. The molecule has 0 aromatic heterocycles. The molecule has 7 heteroatoms. The van der Waals surface area contributed by atoms with Crippen molar-refractivity contribution in [3.05, 3.63) is 28.5 Å². The van der Waals surface area contributed by atoms with Crippen molar-refractivity contribution in [3.63, 3.8) is 0 Å². The number of anilines is 2. The van der Waals surface area contributed by atoms with E-state index in [0.29, 0.717) is 18.2 Å². The molecule has 0 spiro atoms. The molecule has 0 atom stereocenters. The summed E-state index contributed by atoms with van der Waals surface area (Å²) in [6.45, 7) is 3.22. The van der Waals surface area contributed by atoms with Crippen molar-refractivity contribution in [1.82, 2.24) is 10.3 Å². The van der Waals surface area contributed by atoms with E-state index in [-0.39, 0.29) is 0 Å². The van der Waals surface area contributed by atoms with Crippen molar-refractivity contribution in [1.29, 1.82) is 0 Å². The van der Waals surface area contributed by atoms with Crippen LogP contribution in [-0.4, -0.2) is 51.3 Å². The van der Waals surface area contributed by atoms with E-state index < -0.39 is 0 Å². The van der Waals surface area contributed by atoms with E-state index in [4.69, 9.17) is 4.74 Å². The van der Waals surface area contributed by atoms with Crippen LogP contribution in [0.15, 0.2) is 17.1 Å². The monoisotopic (exact) mass is 332 g/mol. The van der Waals surface area contributed by atoms with Gasteiger partial charge in [0.2, 0.25) is 5.96 Å². The summed E-state index contributed by atoms with van der Waals surface area (Å²) in [5.41, 5.74) is 6.89. The van der Waals surface area contributed by atoms with Gasteiger partial charge in [-0.3, -0.25) is 10.4 Å². The first-order valence-electron chi connectivity index (χ1n) is 8.56. The Kier molecular flexibility index (Phi) is 5.55. The first-order valence-corrected chi connectivity index (χ1v) is 8.56. The molecule has 0 amide bonds. The summed E-state index contributed by atoms with van der Waals surface area (Å²) in [7, 11) is 3.78. The van der Waals surface area contributed by atoms with Crippen molar-refractivity contribution in [3.8, 4) is 0 Å². The van der Waals surface area contributed by atoms with Gasteiger partial charge in [0.15, 0.2) is 0 Å². The van der Waals surface area contributed by atoms with E-state index in [9.17, 15) is 5.21 Å². The van der Waals surface area contributed by atoms with Gasteiger partial charge in [0.25, 0.3) is 0 Å². The molecular weight excluding hydrogens is 306 g/mol. The summed E-state index contributed by atoms with van der Waals surface area (Å²) in [5.74, 6) is 0.515. The third-order valence-corrected chi connectivity index (χ3v) is 4.53. The lowest BCUT2D eigenvalue weighted by atomic mass is 10.1. The van der Waals surface area contributed by atoms with E-state index in [1.807, 2.05) is 6.07 Å². The average molecular weight is 332 g/mol. The molecule has 3 rings (SSSR count). The molecule has 1 aliphatic carbocycles. The van der Waals surface area contributed by atoms with Crippen molar-refractivity contribution in [2.24, 2.45) is 4.99 Å². The van der Waals surface area contributed by atoms with Gasteiger partial charge in [0.1, 0.15) is 0 Å². The molecule has 1 aliphatic heterocycles. The zero-order chi connectivity index (χ0) is 16.9. The minimum atomic E-state index is 0.515. The molecule has 0 unspecified atom stereocenters. The van der Waals surface area contributed by atoms with E-state index in [0.717, 1.165) is 49.8 Å². The Morgan fingerprint density at radius 1 is 1.29 bits per heavy atom. The number of hydrogen-bond donors (Lipinski definition) is 2. The molecule has 2 N–H and O–H groups in total. The van der Waals surface area contributed by atoms with Crippen LogP contribution in [0.3, 0.4) is 0 Å². The highest BCUT2D eigenvalue weighted by Gasteiger charge is 2.19. The summed E-state index contributed by atoms with van der Waals surface area (Å²) in [5, 5.41) is 16.3. The first kappa shape index (κ1) is 17.0. The van der Waals surface area contributed by atoms with Gasteiger partial charge in [-0.2, -0.15) is 0 Å². The maximum Gasteiger partial charge on any atom is 0.214 e. The number of fused-ring (bicyclic) bond motifs is 2. The Bertz CT molecular complexity index is 605. The number of nitrogens with zero attached hydrogens (tertiary/aromatic N) is 3. The minimum absolute atomic E-state index is 0.515. The number of likely N-dealkylation sites (N-methyl/N-ethyl adjacent to an activating group) is 1. The van der Waals surface area contributed by atoms with Crippen LogP contribution in [0.4, 0.5) is 11.4 Å². The summed E-state index contributed by atoms with van der Waals surface area (Å²) in [6.07, 6.45) is 4.33. The van der Waals surface area contributed by atoms with Gasteiger partial charge in [-0.25, -0.2) is 0 Å². The molecule has 24 heavy (non-hydrogen) atoms. The van der Waals surface area contributed by atoms with Crippen LogP contribution >= 0.6 is 0 Å². The Morgan fingerprint density at radius 3 is 2.88 bits per heavy atom. The number of nitrogens with one attached hydrogen (secondary N) is 2. The second kappa shape index (κ2) is 7.83. The third kappa shape index (κ3) is 3.98. The van der Waals surface area contributed by atoms with Gasteiger partial charge in [0.05, 0.1) is 17.9 Å². The van der Waals surface area contributed by atoms with Gasteiger partial charge >= 0.3 is 0 Å². The van der Waals surface area contributed by atoms with Crippen molar-refractivity contribution in [2.45, 2.75) is 25.7 Å². The van der Waals surface area contributed by atoms with Crippen LogP contribution in [-0.2, 0) is 17.6 Å². The lowest BCUT2D eigenvalue weighted by Crippen LogP contribution is -2.46. The first-order chi connectivity index (χ1) is 11.7. The van der Waals surface area contributed by atoms with Gasteiger partial charge in [-0.1, -0.05) is 0 Å². The van der Waals surface area contributed by atoms with Gasteiger partial charge in [-0.05, 0) is 56.0 Å². The summed E-state index contributed by atoms with van der Waals surface area (Å²) in [6, 6.07) is 4.08. The van der Waals surface area contributed by atoms with Crippen molar-refractivity contribution < 1.29 is 4.74 Å². The predicted octanol–water partition coefficient (Wildman–Crippen LogP) is 1.73. The maximum atomic E-state index is 12.2. The van der Waals surface area contributed by atoms with Crippen molar-refractivity contribution in [2.75, 3.05) is 50.9 Å². The molecule has 0 fully saturated rings. The number of benzene rings is 1. The molecular formula is C17H26N5O2-. The van der Waals surface area contributed by atoms with Crippen LogP contribution < -0.4 is 15.9 Å². The van der Waals surface area contributed by atoms with Crippen LogP contribution in [0.5, 0.6) is 0 Å². The van der Waals surface area contributed by atoms with E-state index in [2.05, 4.69) is 33.7 Å². The summed E-state index contributed by atoms with van der Waals surface area (Å²) >= 11 is 0. The number of aryl methyl sites for hydroxylation is 2. The number of hydrazine groups is 1. The van der Waals surface area contributed by atoms with Gasteiger partial charge in [0, 0.05) is 26.8 Å². The van der Waals surface area contributed by atoms with Crippen LogP contribution in [0.2, 0.25) is 0 Å². The fourth-order valence-corrected chi connectivity index (χ4v) is 3.19. The molecule has 1 heterocycles. The summed E-state index contributed by atoms with van der Waals surface area (Å²) < 4.78 is 5.05. The number of guanidine groups is 1. The fraction of sp³-hybridized carbons (Fsp3) is 0.588. The number of hydrogen-bond acceptors (Lipinski definition) is 5. The molecule has 7 nitrogen and oxygen atoms in total. The maximum absolute atomic E-state index is 12.2. The standard InChI is InChI=1S/C17H26N5O2/c1-21(8-4-10-24-2)9-7-18-17-19-15-11-13-5-3-6-14(13)12-16(15)22(23)20-17/h11-12H,3-10H2,1-2H3,(H2,18,19,20)/q-1. The highest BCUT2D eigenvalue weighted by molar-refractivity contribution is 6.01.